The van der Waals surface area contributed by atoms with Crippen LogP contribution in [0.1, 0.15) is 5.56 Å². The van der Waals surface area contributed by atoms with Gasteiger partial charge in [-0.05, 0) is 18.2 Å². The standard InChI is InChI=1S/C14H12BrN5O/c1-2-5-21-11-4-3-8(15)6-9(11)12-10(7-16)13(17)20-14(18)19-12/h2-4,6H,1,5H2,(H4,17,18,19,20). The summed E-state index contributed by atoms with van der Waals surface area (Å²) in [6.07, 6.45) is 1.62. The molecule has 21 heavy (non-hydrogen) atoms. The summed E-state index contributed by atoms with van der Waals surface area (Å²) in [5.41, 5.74) is 12.5. The van der Waals surface area contributed by atoms with Crippen LogP contribution in [0.25, 0.3) is 11.3 Å². The molecule has 0 amide bonds. The minimum absolute atomic E-state index is 0.00357. The average molecular weight is 346 g/mol. The molecule has 0 unspecified atom stereocenters. The van der Waals surface area contributed by atoms with Crippen molar-refractivity contribution in [1.29, 1.82) is 5.26 Å². The Morgan fingerprint density at radius 3 is 2.81 bits per heavy atom. The maximum Gasteiger partial charge on any atom is 0.222 e. The number of nitrogens with two attached hydrogens (primary N) is 2. The first-order valence-electron chi connectivity index (χ1n) is 5.93. The lowest BCUT2D eigenvalue weighted by Crippen LogP contribution is -2.06. The zero-order valence-electron chi connectivity index (χ0n) is 11.0. The van der Waals surface area contributed by atoms with Gasteiger partial charge in [-0.2, -0.15) is 10.2 Å². The molecule has 0 aliphatic heterocycles. The first kappa shape index (κ1) is 14.8. The first-order valence-corrected chi connectivity index (χ1v) is 6.72. The van der Waals surface area contributed by atoms with Gasteiger partial charge in [0, 0.05) is 10.0 Å². The summed E-state index contributed by atoms with van der Waals surface area (Å²) in [5.74, 6) is 0.581. The van der Waals surface area contributed by atoms with Crippen molar-refractivity contribution in [3.8, 4) is 23.1 Å². The molecule has 7 heteroatoms. The fourth-order valence-corrected chi connectivity index (χ4v) is 2.12. The Morgan fingerprint density at radius 1 is 1.38 bits per heavy atom. The fraction of sp³-hybridized carbons (Fsp3) is 0.0714. The molecule has 2 rings (SSSR count). The van der Waals surface area contributed by atoms with E-state index < -0.39 is 0 Å². The van der Waals surface area contributed by atoms with Gasteiger partial charge in [0.25, 0.3) is 0 Å². The maximum absolute atomic E-state index is 9.27. The van der Waals surface area contributed by atoms with Gasteiger partial charge in [-0.3, -0.25) is 0 Å². The number of ether oxygens (including phenoxy) is 1. The van der Waals surface area contributed by atoms with Crippen LogP contribution in [0.2, 0.25) is 0 Å². The van der Waals surface area contributed by atoms with Crippen molar-refractivity contribution in [2.75, 3.05) is 18.1 Å². The molecular formula is C14H12BrN5O. The van der Waals surface area contributed by atoms with Gasteiger partial charge in [0.1, 0.15) is 29.8 Å². The molecule has 0 saturated heterocycles. The second-order valence-electron chi connectivity index (χ2n) is 4.04. The lowest BCUT2D eigenvalue weighted by molar-refractivity contribution is 0.364. The summed E-state index contributed by atoms with van der Waals surface area (Å²) < 4.78 is 6.39. The third kappa shape index (κ3) is 3.12. The molecule has 1 heterocycles. The fourth-order valence-electron chi connectivity index (χ4n) is 1.76. The van der Waals surface area contributed by atoms with Crippen LogP contribution in [0.15, 0.2) is 35.3 Å². The summed E-state index contributed by atoms with van der Waals surface area (Å²) in [6, 6.07) is 7.36. The molecule has 4 N–H and O–H groups in total. The van der Waals surface area contributed by atoms with Gasteiger partial charge < -0.3 is 16.2 Å². The van der Waals surface area contributed by atoms with Crippen molar-refractivity contribution >= 4 is 27.7 Å². The number of halogens is 1. The van der Waals surface area contributed by atoms with Gasteiger partial charge >= 0.3 is 0 Å². The Morgan fingerprint density at radius 2 is 2.14 bits per heavy atom. The maximum atomic E-state index is 9.27. The van der Waals surface area contributed by atoms with Crippen LogP contribution in [0.3, 0.4) is 0 Å². The van der Waals surface area contributed by atoms with Gasteiger partial charge in [-0.15, -0.1) is 0 Å². The van der Waals surface area contributed by atoms with Crippen molar-refractivity contribution in [2.24, 2.45) is 0 Å². The predicted molar refractivity (Wildman–Crippen MR) is 84.4 cm³/mol. The molecule has 0 fully saturated rings. The van der Waals surface area contributed by atoms with Crippen LogP contribution in [0, 0.1) is 11.3 Å². The second kappa shape index (κ2) is 6.24. The van der Waals surface area contributed by atoms with Crippen LogP contribution in [0.5, 0.6) is 5.75 Å². The Hall–Kier alpha value is -2.59. The molecule has 0 spiro atoms. The highest BCUT2D eigenvalue weighted by atomic mass is 79.9. The van der Waals surface area contributed by atoms with Crippen molar-refractivity contribution in [1.82, 2.24) is 9.97 Å². The summed E-state index contributed by atoms with van der Waals surface area (Å²) in [5, 5.41) is 9.27. The third-order valence-corrected chi connectivity index (χ3v) is 3.11. The van der Waals surface area contributed by atoms with Crippen LogP contribution >= 0.6 is 15.9 Å². The van der Waals surface area contributed by atoms with Crippen molar-refractivity contribution in [3.05, 3.63) is 40.9 Å². The number of nitriles is 1. The van der Waals surface area contributed by atoms with Crippen LogP contribution in [0.4, 0.5) is 11.8 Å². The van der Waals surface area contributed by atoms with Gasteiger partial charge in [0.05, 0.1) is 5.69 Å². The molecule has 0 bridgehead atoms. The predicted octanol–water partition coefficient (Wildman–Crippen LogP) is 2.51. The number of hydrogen-bond donors (Lipinski definition) is 2. The minimum atomic E-state index is -0.00357. The van der Waals surface area contributed by atoms with Crippen molar-refractivity contribution in [3.63, 3.8) is 0 Å². The van der Waals surface area contributed by atoms with E-state index in [-0.39, 0.29) is 17.3 Å². The van der Waals surface area contributed by atoms with E-state index in [4.69, 9.17) is 16.2 Å². The number of benzene rings is 1. The number of anilines is 2. The Kier molecular flexibility index (Phi) is 4.40. The van der Waals surface area contributed by atoms with Crippen LogP contribution < -0.4 is 16.2 Å². The monoisotopic (exact) mass is 345 g/mol. The number of rotatable bonds is 4. The summed E-state index contributed by atoms with van der Waals surface area (Å²) in [4.78, 5) is 7.92. The van der Waals surface area contributed by atoms with E-state index in [0.717, 1.165) is 4.47 Å². The number of nitrogen functional groups attached to an aromatic ring is 2. The van der Waals surface area contributed by atoms with E-state index in [9.17, 15) is 5.26 Å². The molecule has 0 aliphatic carbocycles. The van der Waals surface area contributed by atoms with E-state index in [0.29, 0.717) is 23.6 Å². The van der Waals surface area contributed by atoms with Crippen LogP contribution in [-0.4, -0.2) is 16.6 Å². The molecule has 1 aromatic carbocycles. The van der Waals surface area contributed by atoms with E-state index in [1.807, 2.05) is 12.1 Å². The Labute approximate surface area is 130 Å². The van der Waals surface area contributed by atoms with Gasteiger partial charge in [-0.1, -0.05) is 28.6 Å². The molecule has 0 radical (unpaired) electrons. The lowest BCUT2D eigenvalue weighted by Gasteiger charge is -2.12. The zero-order chi connectivity index (χ0) is 15.4. The van der Waals surface area contributed by atoms with Crippen molar-refractivity contribution < 1.29 is 4.74 Å². The van der Waals surface area contributed by atoms with Gasteiger partial charge in [0.15, 0.2) is 0 Å². The highest BCUT2D eigenvalue weighted by molar-refractivity contribution is 9.10. The third-order valence-electron chi connectivity index (χ3n) is 2.62. The van der Waals surface area contributed by atoms with E-state index >= 15 is 0 Å². The van der Waals surface area contributed by atoms with Gasteiger partial charge in [0.2, 0.25) is 5.95 Å². The summed E-state index contributed by atoms with van der Waals surface area (Å²) >= 11 is 3.38. The smallest absolute Gasteiger partial charge is 0.222 e. The first-order chi connectivity index (χ1) is 10.1. The molecule has 0 aliphatic rings. The van der Waals surface area contributed by atoms with Gasteiger partial charge in [-0.25, -0.2) is 4.98 Å². The summed E-state index contributed by atoms with van der Waals surface area (Å²) in [7, 11) is 0. The number of hydrogen-bond acceptors (Lipinski definition) is 6. The SMILES string of the molecule is C=CCOc1ccc(Br)cc1-c1nc(N)nc(N)c1C#N. The van der Waals surface area contributed by atoms with E-state index in [1.165, 1.54) is 0 Å². The minimum Gasteiger partial charge on any atom is -0.489 e. The lowest BCUT2D eigenvalue weighted by atomic mass is 10.1. The largest absolute Gasteiger partial charge is 0.489 e. The van der Waals surface area contributed by atoms with Crippen LogP contribution in [-0.2, 0) is 0 Å². The normalized spacial score (nSPS) is 9.90. The molecular weight excluding hydrogens is 334 g/mol. The summed E-state index contributed by atoms with van der Waals surface area (Å²) in [6.45, 7) is 3.93. The Balaban J connectivity index is 2.68. The molecule has 1 aromatic heterocycles. The number of aromatic nitrogens is 2. The highest BCUT2D eigenvalue weighted by Crippen LogP contribution is 2.35. The average Bonchev–Trinajstić information content (AvgIpc) is 2.45. The Bertz CT molecular complexity index is 739. The molecule has 0 saturated carbocycles. The molecule has 0 atom stereocenters. The number of nitrogens with zero attached hydrogens (tertiary/aromatic N) is 3. The topological polar surface area (TPSA) is 111 Å². The quantitative estimate of drug-likeness (QED) is 0.823. The molecule has 6 nitrogen and oxygen atoms in total. The zero-order valence-corrected chi connectivity index (χ0v) is 12.6. The highest BCUT2D eigenvalue weighted by Gasteiger charge is 2.17. The molecule has 2 aromatic rings. The second-order valence-corrected chi connectivity index (χ2v) is 4.96. The molecule has 106 valence electrons. The van der Waals surface area contributed by atoms with E-state index in [2.05, 4.69) is 32.5 Å². The van der Waals surface area contributed by atoms with E-state index in [1.54, 1.807) is 18.2 Å². The van der Waals surface area contributed by atoms with Crippen molar-refractivity contribution in [2.45, 2.75) is 0 Å².